The van der Waals surface area contributed by atoms with Crippen LogP contribution >= 0.6 is 15.9 Å². The maximum atomic E-state index is 9.18. The van der Waals surface area contributed by atoms with Crippen LogP contribution in [-0.4, -0.2) is 19.5 Å². The maximum Gasteiger partial charge on any atom is 0.157 e. The van der Waals surface area contributed by atoms with Crippen LogP contribution in [0, 0.1) is 11.3 Å². The Hall–Kier alpha value is -0.890. The Bertz CT molecular complexity index is 393. The second-order valence-electron chi connectivity index (χ2n) is 3.98. The van der Waals surface area contributed by atoms with Crippen LogP contribution in [0.2, 0.25) is 0 Å². The summed E-state index contributed by atoms with van der Waals surface area (Å²) >= 11 is 3.39. The van der Waals surface area contributed by atoms with E-state index >= 15 is 0 Å². The zero-order valence-electron chi connectivity index (χ0n) is 9.43. The average Bonchev–Trinajstić information content (AvgIpc) is 2.85. The highest BCUT2D eigenvalue weighted by molar-refractivity contribution is 9.10. The summed E-state index contributed by atoms with van der Waals surface area (Å²) < 4.78 is 11.8. The Kier molecular flexibility index (Phi) is 4.55. The monoisotopic (exact) mass is 295 g/mol. The number of nitrogens with zero attached hydrogens (tertiary/aromatic N) is 1. The van der Waals surface area contributed by atoms with E-state index in [0.29, 0.717) is 13.2 Å². The van der Waals surface area contributed by atoms with Gasteiger partial charge in [-0.1, -0.05) is 28.1 Å². The Balaban J connectivity index is 1.92. The smallest absolute Gasteiger partial charge is 0.157 e. The largest absolute Gasteiger partial charge is 0.350 e. The molecule has 2 rings (SSSR count). The van der Waals surface area contributed by atoms with E-state index in [2.05, 4.69) is 22.0 Å². The number of rotatable bonds is 4. The van der Waals surface area contributed by atoms with Gasteiger partial charge >= 0.3 is 0 Å². The Labute approximate surface area is 109 Å². The molecule has 1 aromatic rings. The van der Waals surface area contributed by atoms with Gasteiger partial charge in [-0.25, -0.2) is 0 Å². The van der Waals surface area contributed by atoms with Gasteiger partial charge < -0.3 is 9.47 Å². The standard InChI is InChI=1S/C13H14BrNO2/c14-12-4-1-10(2-5-12)11(9-15)3-6-13-16-7-8-17-13/h1-2,4-5,11,13H,3,6-8H2. The second-order valence-corrected chi connectivity index (χ2v) is 4.90. The molecule has 3 nitrogen and oxygen atoms in total. The zero-order chi connectivity index (χ0) is 12.1. The molecule has 0 amide bonds. The fourth-order valence-electron chi connectivity index (χ4n) is 1.88. The highest BCUT2D eigenvalue weighted by Gasteiger charge is 2.19. The van der Waals surface area contributed by atoms with Gasteiger partial charge in [0.25, 0.3) is 0 Å². The van der Waals surface area contributed by atoms with Crippen molar-refractivity contribution in [2.24, 2.45) is 0 Å². The molecular weight excluding hydrogens is 282 g/mol. The van der Waals surface area contributed by atoms with E-state index in [4.69, 9.17) is 9.47 Å². The van der Waals surface area contributed by atoms with Crippen LogP contribution in [0.5, 0.6) is 0 Å². The van der Waals surface area contributed by atoms with Crippen molar-refractivity contribution in [3.8, 4) is 6.07 Å². The predicted octanol–water partition coefficient (Wildman–Crippen LogP) is 3.21. The van der Waals surface area contributed by atoms with Crippen LogP contribution < -0.4 is 0 Å². The van der Waals surface area contributed by atoms with E-state index in [9.17, 15) is 5.26 Å². The molecule has 0 aliphatic carbocycles. The van der Waals surface area contributed by atoms with E-state index < -0.39 is 0 Å². The van der Waals surface area contributed by atoms with Crippen LogP contribution in [-0.2, 0) is 9.47 Å². The van der Waals surface area contributed by atoms with Crippen LogP contribution in [0.3, 0.4) is 0 Å². The molecule has 4 heteroatoms. The molecule has 1 heterocycles. The highest BCUT2D eigenvalue weighted by atomic mass is 79.9. The first-order chi connectivity index (χ1) is 8.29. The average molecular weight is 296 g/mol. The molecule has 0 radical (unpaired) electrons. The summed E-state index contributed by atoms with van der Waals surface area (Å²) in [5.74, 6) is -0.0871. The summed E-state index contributed by atoms with van der Waals surface area (Å²) in [7, 11) is 0. The lowest BCUT2D eigenvalue weighted by Crippen LogP contribution is -2.09. The quantitative estimate of drug-likeness (QED) is 0.856. The molecule has 17 heavy (non-hydrogen) atoms. The maximum absolute atomic E-state index is 9.18. The molecular formula is C13H14BrNO2. The fraction of sp³-hybridized carbons (Fsp3) is 0.462. The molecule has 1 unspecified atom stereocenters. The lowest BCUT2D eigenvalue weighted by Gasteiger charge is -2.12. The molecule has 1 saturated heterocycles. The molecule has 1 fully saturated rings. The third-order valence-corrected chi connectivity index (χ3v) is 3.34. The van der Waals surface area contributed by atoms with Gasteiger partial charge in [-0.3, -0.25) is 0 Å². The van der Waals surface area contributed by atoms with E-state index in [0.717, 1.165) is 22.9 Å². The van der Waals surface area contributed by atoms with Crippen molar-refractivity contribution < 1.29 is 9.47 Å². The number of hydrogen-bond donors (Lipinski definition) is 0. The van der Waals surface area contributed by atoms with Crippen molar-refractivity contribution in [2.75, 3.05) is 13.2 Å². The zero-order valence-corrected chi connectivity index (χ0v) is 11.0. The minimum Gasteiger partial charge on any atom is -0.350 e. The molecule has 1 atom stereocenters. The van der Waals surface area contributed by atoms with Crippen LogP contribution in [0.15, 0.2) is 28.7 Å². The summed E-state index contributed by atoms with van der Waals surface area (Å²) in [6, 6.07) is 10.2. The molecule has 1 aromatic carbocycles. The van der Waals surface area contributed by atoms with Crippen LogP contribution in [0.25, 0.3) is 0 Å². The van der Waals surface area contributed by atoms with Gasteiger partial charge in [0.2, 0.25) is 0 Å². The highest BCUT2D eigenvalue weighted by Crippen LogP contribution is 2.24. The third kappa shape index (κ3) is 3.53. The minimum absolute atomic E-state index is 0.0871. The van der Waals surface area contributed by atoms with Gasteiger partial charge in [-0.15, -0.1) is 0 Å². The first kappa shape index (κ1) is 12.6. The second kappa shape index (κ2) is 6.15. The summed E-state index contributed by atoms with van der Waals surface area (Å²) in [6.07, 6.45) is 1.41. The predicted molar refractivity (Wildman–Crippen MR) is 67.4 cm³/mol. The molecule has 0 N–H and O–H groups in total. The van der Waals surface area contributed by atoms with Gasteiger partial charge in [-0.2, -0.15) is 5.26 Å². The number of benzene rings is 1. The molecule has 0 saturated carbocycles. The normalized spacial score (nSPS) is 17.9. The lowest BCUT2D eigenvalue weighted by molar-refractivity contribution is -0.0480. The first-order valence-electron chi connectivity index (χ1n) is 5.68. The van der Waals surface area contributed by atoms with Crippen LogP contribution in [0.4, 0.5) is 0 Å². The Morgan fingerprint density at radius 3 is 2.53 bits per heavy atom. The Morgan fingerprint density at radius 1 is 1.29 bits per heavy atom. The van der Waals surface area contributed by atoms with Crippen molar-refractivity contribution in [3.63, 3.8) is 0 Å². The number of nitriles is 1. The van der Waals surface area contributed by atoms with E-state index in [-0.39, 0.29) is 12.2 Å². The van der Waals surface area contributed by atoms with Gasteiger partial charge in [0.05, 0.1) is 25.2 Å². The molecule has 1 aliphatic rings. The van der Waals surface area contributed by atoms with E-state index in [1.54, 1.807) is 0 Å². The van der Waals surface area contributed by atoms with Gasteiger partial charge in [0, 0.05) is 4.47 Å². The van der Waals surface area contributed by atoms with Crippen molar-refractivity contribution >= 4 is 15.9 Å². The number of halogens is 1. The van der Waals surface area contributed by atoms with E-state index in [1.807, 2.05) is 24.3 Å². The van der Waals surface area contributed by atoms with Gasteiger partial charge in [0.15, 0.2) is 6.29 Å². The van der Waals surface area contributed by atoms with Crippen molar-refractivity contribution in [2.45, 2.75) is 25.0 Å². The van der Waals surface area contributed by atoms with Crippen molar-refractivity contribution in [1.82, 2.24) is 0 Å². The van der Waals surface area contributed by atoms with Crippen molar-refractivity contribution in [1.29, 1.82) is 5.26 Å². The fourth-order valence-corrected chi connectivity index (χ4v) is 2.14. The van der Waals surface area contributed by atoms with Gasteiger partial charge in [-0.05, 0) is 30.5 Å². The molecule has 90 valence electrons. The number of hydrogen-bond acceptors (Lipinski definition) is 3. The lowest BCUT2D eigenvalue weighted by atomic mass is 9.96. The Morgan fingerprint density at radius 2 is 1.94 bits per heavy atom. The summed E-state index contributed by atoms with van der Waals surface area (Å²) in [4.78, 5) is 0. The third-order valence-electron chi connectivity index (χ3n) is 2.81. The summed E-state index contributed by atoms with van der Waals surface area (Å²) in [6.45, 7) is 1.33. The molecule has 0 bridgehead atoms. The van der Waals surface area contributed by atoms with Gasteiger partial charge in [0.1, 0.15) is 0 Å². The molecule has 1 aliphatic heterocycles. The summed E-state index contributed by atoms with van der Waals surface area (Å²) in [5.41, 5.74) is 1.05. The first-order valence-corrected chi connectivity index (χ1v) is 6.47. The van der Waals surface area contributed by atoms with Crippen molar-refractivity contribution in [3.05, 3.63) is 34.3 Å². The minimum atomic E-state index is -0.124. The van der Waals surface area contributed by atoms with E-state index in [1.165, 1.54) is 0 Å². The topological polar surface area (TPSA) is 42.2 Å². The summed E-state index contributed by atoms with van der Waals surface area (Å²) in [5, 5.41) is 9.18. The molecule has 0 aromatic heterocycles. The van der Waals surface area contributed by atoms with Crippen LogP contribution in [0.1, 0.15) is 24.3 Å². The molecule has 0 spiro atoms. The number of ether oxygens (including phenoxy) is 2. The SMILES string of the molecule is N#CC(CCC1OCCO1)c1ccc(Br)cc1.